The molecule has 1 heterocycles. The van der Waals surface area contributed by atoms with E-state index in [0.717, 1.165) is 25.9 Å². The van der Waals surface area contributed by atoms with Gasteiger partial charge >= 0.3 is 0 Å². The van der Waals surface area contributed by atoms with Gasteiger partial charge in [-0.1, -0.05) is 32.9 Å². The van der Waals surface area contributed by atoms with Gasteiger partial charge < -0.3 is 9.64 Å². The SMILES string of the molecule is CC(C)(C)CC(=O)N1CCC(COc2ccccc2F)CC1. The van der Waals surface area contributed by atoms with E-state index in [1.165, 1.54) is 6.07 Å². The van der Waals surface area contributed by atoms with E-state index in [1.807, 2.05) is 4.90 Å². The molecule has 4 heteroatoms. The zero-order chi connectivity index (χ0) is 16.2. The molecule has 0 radical (unpaired) electrons. The number of piperidine rings is 1. The lowest BCUT2D eigenvalue weighted by molar-refractivity contribution is -0.134. The van der Waals surface area contributed by atoms with E-state index in [2.05, 4.69) is 20.8 Å². The van der Waals surface area contributed by atoms with Crippen molar-refractivity contribution in [3.05, 3.63) is 30.1 Å². The van der Waals surface area contributed by atoms with Crippen molar-refractivity contribution in [2.24, 2.45) is 11.3 Å². The Morgan fingerprint density at radius 3 is 2.50 bits per heavy atom. The average Bonchev–Trinajstić information content (AvgIpc) is 2.45. The third-order valence-electron chi connectivity index (χ3n) is 3.96. The van der Waals surface area contributed by atoms with E-state index in [1.54, 1.807) is 18.2 Å². The Hall–Kier alpha value is -1.58. The molecule has 0 aromatic heterocycles. The maximum absolute atomic E-state index is 13.5. The van der Waals surface area contributed by atoms with Gasteiger partial charge in [-0.3, -0.25) is 4.79 Å². The van der Waals surface area contributed by atoms with E-state index < -0.39 is 0 Å². The standard InChI is InChI=1S/C18H26FNO2/c1-18(2,3)12-17(21)20-10-8-14(9-11-20)13-22-16-7-5-4-6-15(16)19/h4-7,14H,8-13H2,1-3H3. The van der Waals surface area contributed by atoms with Gasteiger partial charge in [0, 0.05) is 19.5 Å². The Kier molecular flexibility index (Phi) is 5.43. The number of halogens is 1. The quantitative estimate of drug-likeness (QED) is 0.845. The van der Waals surface area contributed by atoms with E-state index in [0.29, 0.717) is 24.7 Å². The van der Waals surface area contributed by atoms with Crippen molar-refractivity contribution >= 4 is 5.91 Å². The largest absolute Gasteiger partial charge is 0.490 e. The van der Waals surface area contributed by atoms with Crippen LogP contribution < -0.4 is 4.74 Å². The van der Waals surface area contributed by atoms with Gasteiger partial charge in [0.05, 0.1) is 6.61 Å². The molecule has 0 atom stereocenters. The Balaban J connectivity index is 1.76. The molecule has 1 aliphatic rings. The molecule has 1 fully saturated rings. The van der Waals surface area contributed by atoms with Crippen LogP contribution >= 0.6 is 0 Å². The molecule has 22 heavy (non-hydrogen) atoms. The smallest absolute Gasteiger partial charge is 0.223 e. The minimum absolute atomic E-state index is 0.0296. The van der Waals surface area contributed by atoms with E-state index in [4.69, 9.17) is 4.74 Å². The number of carbonyl (C=O) groups excluding carboxylic acids is 1. The summed E-state index contributed by atoms with van der Waals surface area (Å²) in [6, 6.07) is 6.48. The summed E-state index contributed by atoms with van der Waals surface area (Å²) in [5, 5.41) is 0. The van der Waals surface area contributed by atoms with Crippen molar-refractivity contribution in [3.8, 4) is 5.75 Å². The van der Waals surface area contributed by atoms with Crippen LogP contribution in [0.2, 0.25) is 0 Å². The predicted octanol–water partition coefficient (Wildman–Crippen LogP) is 3.88. The Morgan fingerprint density at radius 1 is 1.27 bits per heavy atom. The maximum atomic E-state index is 13.5. The number of hydrogen-bond acceptors (Lipinski definition) is 2. The second-order valence-electron chi connectivity index (χ2n) is 7.30. The molecule has 1 aliphatic heterocycles. The molecule has 1 saturated heterocycles. The van der Waals surface area contributed by atoms with Crippen LogP contribution in [0.5, 0.6) is 5.75 Å². The van der Waals surface area contributed by atoms with Crippen molar-refractivity contribution in [3.63, 3.8) is 0 Å². The van der Waals surface area contributed by atoms with E-state index >= 15 is 0 Å². The Labute approximate surface area is 132 Å². The molecule has 0 bridgehead atoms. The molecular weight excluding hydrogens is 281 g/mol. The molecule has 2 rings (SSSR count). The summed E-state index contributed by atoms with van der Waals surface area (Å²) in [4.78, 5) is 14.1. The van der Waals surface area contributed by atoms with Crippen LogP contribution in [0.4, 0.5) is 4.39 Å². The second-order valence-corrected chi connectivity index (χ2v) is 7.30. The van der Waals surface area contributed by atoms with Crippen molar-refractivity contribution in [2.45, 2.75) is 40.0 Å². The summed E-state index contributed by atoms with van der Waals surface area (Å²) in [6.45, 7) is 8.32. The van der Waals surface area contributed by atoms with Gasteiger partial charge in [0.2, 0.25) is 5.91 Å². The highest BCUT2D eigenvalue weighted by Crippen LogP contribution is 2.24. The fraction of sp³-hybridized carbons (Fsp3) is 0.611. The minimum atomic E-state index is -0.319. The molecule has 0 unspecified atom stereocenters. The van der Waals surface area contributed by atoms with Crippen molar-refractivity contribution in [1.29, 1.82) is 0 Å². The summed E-state index contributed by atoms with van der Waals surface area (Å²) in [6.07, 6.45) is 2.43. The van der Waals surface area contributed by atoms with Gasteiger partial charge in [-0.15, -0.1) is 0 Å². The maximum Gasteiger partial charge on any atom is 0.223 e. The number of benzene rings is 1. The van der Waals surface area contributed by atoms with Gasteiger partial charge in [0.1, 0.15) is 0 Å². The summed E-state index contributed by atoms with van der Waals surface area (Å²) in [7, 11) is 0. The molecule has 0 spiro atoms. The van der Waals surface area contributed by atoms with Crippen LogP contribution in [0.15, 0.2) is 24.3 Å². The fourth-order valence-corrected chi connectivity index (χ4v) is 2.68. The number of nitrogens with zero attached hydrogens (tertiary/aromatic N) is 1. The van der Waals surface area contributed by atoms with Crippen LogP contribution in [0.25, 0.3) is 0 Å². The lowest BCUT2D eigenvalue weighted by atomic mass is 9.90. The van der Waals surface area contributed by atoms with Crippen molar-refractivity contribution in [1.82, 2.24) is 4.90 Å². The molecular formula is C18H26FNO2. The van der Waals surface area contributed by atoms with E-state index in [9.17, 15) is 9.18 Å². The van der Waals surface area contributed by atoms with Crippen LogP contribution in [-0.2, 0) is 4.79 Å². The highest BCUT2D eigenvalue weighted by Gasteiger charge is 2.26. The number of amides is 1. The Morgan fingerprint density at radius 2 is 1.91 bits per heavy atom. The number of rotatable bonds is 4. The van der Waals surface area contributed by atoms with Crippen LogP contribution in [-0.4, -0.2) is 30.5 Å². The van der Waals surface area contributed by atoms with Gasteiger partial charge in [-0.2, -0.15) is 0 Å². The predicted molar refractivity (Wildman–Crippen MR) is 85.3 cm³/mol. The first-order valence-corrected chi connectivity index (χ1v) is 8.00. The molecule has 0 N–H and O–H groups in total. The van der Waals surface area contributed by atoms with Gasteiger partial charge in [-0.25, -0.2) is 4.39 Å². The topological polar surface area (TPSA) is 29.5 Å². The molecule has 0 aliphatic carbocycles. The third kappa shape index (κ3) is 5.00. The van der Waals surface area contributed by atoms with Crippen molar-refractivity contribution in [2.75, 3.05) is 19.7 Å². The second kappa shape index (κ2) is 7.12. The number of hydrogen-bond donors (Lipinski definition) is 0. The summed E-state index contributed by atoms with van der Waals surface area (Å²) in [5.74, 6) is 0.619. The fourth-order valence-electron chi connectivity index (χ4n) is 2.68. The van der Waals surface area contributed by atoms with Gasteiger partial charge in [0.15, 0.2) is 11.6 Å². The zero-order valence-corrected chi connectivity index (χ0v) is 13.8. The van der Waals surface area contributed by atoms with Crippen molar-refractivity contribution < 1.29 is 13.9 Å². The third-order valence-corrected chi connectivity index (χ3v) is 3.96. The van der Waals surface area contributed by atoms with Gasteiger partial charge in [0.25, 0.3) is 0 Å². The van der Waals surface area contributed by atoms with Crippen LogP contribution in [0.1, 0.15) is 40.0 Å². The van der Waals surface area contributed by atoms with Crippen LogP contribution in [0.3, 0.4) is 0 Å². The molecule has 1 amide bonds. The monoisotopic (exact) mass is 307 g/mol. The number of likely N-dealkylation sites (tertiary alicyclic amines) is 1. The lowest BCUT2D eigenvalue weighted by Crippen LogP contribution is -2.41. The van der Waals surface area contributed by atoms with E-state index in [-0.39, 0.29) is 17.1 Å². The molecule has 1 aromatic carbocycles. The number of carbonyl (C=O) groups is 1. The minimum Gasteiger partial charge on any atom is -0.490 e. The van der Waals surface area contributed by atoms with Gasteiger partial charge in [-0.05, 0) is 36.3 Å². The molecule has 122 valence electrons. The Bertz CT molecular complexity index is 502. The lowest BCUT2D eigenvalue weighted by Gasteiger charge is -2.33. The summed E-state index contributed by atoms with van der Waals surface area (Å²) < 4.78 is 19.1. The summed E-state index contributed by atoms with van der Waals surface area (Å²) >= 11 is 0. The number of ether oxygens (including phenoxy) is 1. The normalized spacial score (nSPS) is 16.6. The highest BCUT2D eigenvalue weighted by molar-refractivity contribution is 5.76. The number of para-hydroxylation sites is 1. The first kappa shape index (κ1) is 16.8. The molecule has 3 nitrogen and oxygen atoms in total. The zero-order valence-electron chi connectivity index (χ0n) is 13.8. The molecule has 0 saturated carbocycles. The van der Waals surface area contributed by atoms with Crippen LogP contribution in [0, 0.1) is 17.2 Å². The average molecular weight is 307 g/mol. The molecule has 1 aromatic rings. The highest BCUT2D eigenvalue weighted by atomic mass is 19.1. The first-order chi connectivity index (χ1) is 10.3. The first-order valence-electron chi connectivity index (χ1n) is 8.00. The summed E-state index contributed by atoms with van der Waals surface area (Å²) in [5.41, 5.74) is 0.0296.